The number of rotatable bonds is 3. The van der Waals surface area contributed by atoms with Crippen molar-refractivity contribution in [2.75, 3.05) is 13.1 Å². The molecule has 0 aromatic rings. The van der Waals surface area contributed by atoms with E-state index in [0.717, 1.165) is 32.1 Å². The molecule has 0 spiro atoms. The van der Waals surface area contributed by atoms with Crippen molar-refractivity contribution in [2.24, 2.45) is 11.3 Å². The molecular formula is C14H23NO3. The van der Waals surface area contributed by atoms with Crippen LogP contribution in [0.2, 0.25) is 0 Å². The number of nitrogens with zero attached hydrogens (tertiary/aromatic N) is 1. The number of carbonyl (C=O) groups is 2. The fraction of sp³-hybridized carbons (Fsp3) is 0.857. The predicted octanol–water partition coefficient (Wildman–Crippen LogP) is 2.28. The Hall–Kier alpha value is -1.06. The molecule has 1 amide bonds. The lowest BCUT2D eigenvalue weighted by molar-refractivity contribution is -0.144. The van der Waals surface area contributed by atoms with Gasteiger partial charge in [0.2, 0.25) is 5.91 Å². The smallest absolute Gasteiger partial charge is 0.308 e. The van der Waals surface area contributed by atoms with Gasteiger partial charge in [0, 0.05) is 18.5 Å². The molecule has 1 saturated heterocycles. The van der Waals surface area contributed by atoms with E-state index in [1.54, 1.807) is 4.90 Å². The molecule has 1 N–H and O–H groups in total. The van der Waals surface area contributed by atoms with Crippen LogP contribution in [-0.2, 0) is 9.59 Å². The fourth-order valence-corrected chi connectivity index (χ4v) is 3.43. The van der Waals surface area contributed by atoms with Gasteiger partial charge in [-0.2, -0.15) is 0 Å². The number of carboxylic acid groups (broad SMARTS) is 1. The summed E-state index contributed by atoms with van der Waals surface area (Å²) in [5.41, 5.74) is -0.189. The Morgan fingerprint density at radius 1 is 1.28 bits per heavy atom. The molecule has 18 heavy (non-hydrogen) atoms. The highest BCUT2D eigenvalue weighted by Crippen LogP contribution is 2.41. The first-order chi connectivity index (χ1) is 8.59. The molecule has 1 aliphatic carbocycles. The van der Waals surface area contributed by atoms with Gasteiger partial charge in [-0.15, -0.1) is 0 Å². The van der Waals surface area contributed by atoms with Crippen LogP contribution < -0.4 is 0 Å². The average Bonchev–Trinajstić information content (AvgIpc) is 2.88. The van der Waals surface area contributed by atoms with Crippen LogP contribution in [0.15, 0.2) is 0 Å². The van der Waals surface area contributed by atoms with E-state index in [4.69, 9.17) is 5.11 Å². The Labute approximate surface area is 108 Å². The first-order valence-electron chi connectivity index (χ1n) is 7.11. The minimum atomic E-state index is -0.764. The number of hydrogen-bond donors (Lipinski definition) is 1. The van der Waals surface area contributed by atoms with Crippen LogP contribution in [0.25, 0.3) is 0 Å². The van der Waals surface area contributed by atoms with Gasteiger partial charge >= 0.3 is 5.97 Å². The Balaban J connectivity index is 2.04. The minimum Gasteiger partial charge on any atom is -0.481 e. The van der Waals surface area contributed by atoms with Gasteiger partial charge in [0.05, 0.1) is 5.92 Å². The van der Waals surface area contributed by atoms with Crippen LogP contribution in [0.1, 0.15) is 51.9 Å². The van der Waals surface area contributed by atoms with E-state index in [2.05, 4.69) is 6.92 Å². The highest BCUT2D eigenvalue weighted by Gasteiger charge is 2.43. The quantitative estimate of drug-likeness (QED) is 0.839. The first kappa shape index (κ1) is 13.4. The van der Waals surface area contributed by atoms with Crippen molar-refractivity contribution in [1.82, 2.24) is 4.90 Å². The molecule has 2 fully saturated rings. The van der Waals surface area contributed by atoms with Gasteiger partial charge in [0.1, 0.15) is 0 Å². The highest BCUT2D eigenvalue weighted by molar-refractivity contribution is 5.84. The van der Waals surface area contributed by atoms with E-state index in [9.17, 15) is 9.59 Å². The largest absolute Gasteiger partial charge is 0.481 e. The topological polar surface area (TPSA) is 57.6 Å². The minimum absolute atomic E-state index is 0.189. The zero-order valence-corrected chi connectivity index (χ0v) is 11.2. The molecule has 102 valence electrons. The summed E-state index contributed by atoms with van der Waals surface area (Å²) in [6, 6.07) is 0. The Morgan fingerprint density at radius 3 is 2.44 bits per heavy atom. The number of carboxylic acids is 1. The van der Waals surface area contributed by atoms with Crippen molar-refractivity contribution >= 4 is 11.9 Å². The summed E-state index contributed by atoms with van der Waals surface area (Å²) in [5, 5.41) is 9.01. The lowest BCUT2D eigenvalue weighted by Gasteiger charge is -2.38. The highest BCUT2D eigenvalue weighted by atomic mass is 16.4. The molecule has 0 aromatic carbocycles. The second-order valence-electron chi connectivity index (χ2n) is 5.77. The Kier molecular flexibility index (Phi) is 3.93. The van der Waals surface area contributed by atoms with Gasteiger partial charge in [-0.1, -0.05) is 26.2 Å². The van der Waals surface area contributed by atoms with Gasteiger partial charge in [-0.3, -0.25) is 9.59 Å². The van der Waals surface area contributed by atoms with Crippen molar-refractivity contribution in [2.45, 2.75) is 51.9 Å². The Morgan fingerprint density at radius 2 is 1.94 bits per heavy atom. The molecule has 0 bridgehead atoms. The third kappa shape index (κ3) is 2.38. The number of hydrogen-bond acceptors (Lipinski definition) is 2. The van der Waals surface area contributed by atoms with Crippen molar-refractivity contribution in [3.63, 3.8) is 0 Å². The summed E-state index contributed by atoms with van der Waals surface area (Å²) >= 11 is 0. The maximum absolute atomic E-state index is 12.7. The summed E-state index contributed by atoms with van der Waals surface area (Å²) in [4.78, 5) is 25.4. The second kappa shape index (κ2) is 5.29. The van der Waals surface area contributed by atoms with Gasteiger partial charge < -0.3 is 10.0 Å². The summed E-state index contributed by atoms with van der Waals surface area (Å²) in [5.74, 6) is -0.903. The molecule has 1 heterocycles. The zero-order chi connectivity index (χ0) is 13.2. The van der Waals surface area contributed by atoms with Gasteiger partial charge in [-0.05, 0) is 25.7 Å². The third-order valence-electron chi connectivity index (χ3n) is 4.77. The third-order valence-corrected chi connectivity index (χ3v) is 4.77. The van der Waals surface area contributed by atoms with Crippen LogP contribution in [0.4, 0.5) is 0 Å². The van der Waals surface area contributed by atoms with Crippen LogP contribution in [-0.4, -0.2) is 35.0 Å². The number of amides is 1. The molecule has 0 radical (unpaired) electrons. The molecule has 1 atom stereocenters. The molecule has 2 rings (SSSR count). The molecule has 2 aliphatic rings. The predicted molar refractivity (Wildman–Crippen MR) is 68.1 cm³/mol. The van der Waals surface area contributed by atoms with E-state index < -0.39 is 5.97 Å². The molecular weight excluding hydrogens is 230 g/mol. The van der Waals surface area contributed by atoms with E-state index >= 15 is 0 Å². The summed E-state index contributed by atoms with van der Waals surface area (Å²) in [6.07, 6.45) is 6.96. The fourth-order valence-electron chi connectivity index (χ4n) is 3.43. The standard InChI is InChI=1S/C14H23NO3/c1-2-14(7-4-3-5-8-14)13(18)15-9-6-11(10-15)12(16)17/h11H,2-10H2,1H3,(H,16,17). The number of aliphatic carboxylic acids is 1. The van der Waals surface area contributed by atoms with Gasteiger partial charge in [0.15, 0.2) is 0 Å². The normalized spacial score (nSPS) is 27.2. The van der Waals surface area contributed by atoms with E-state index in [-0.39, 0.29) is 17.2 Å². The van der Waals surface area contributed by atoms with E-state index in [1.807, 2.05) is 0 Å². The van der Waals surface area contributed by atoms with Gasteiger partial charge in [-0.25, -0.2) is 0 Å². The lowest BCUT2D eigenvalue weighted by atomic mass is 9.71. The molecule has 1 unspecified atom stereocenters. The average molecular weight is 253 g/mol. The van der Waals surface area contributed by atoms with Crippen LogP contribution in [0.5, 0.6) is 0 Å². The monoisotopic (exact) mass is 253 g/mol. The molecule has 0 aromatic heterocycles. The summed E-state index contributed by atoms with van der Waals surface area (Å²) in [7, 11) is 0. The summed E-state index contributed by atoms with van der Waals surface area (Å²) < 4.78 is 0. The molecule has 1 saturated carbocycles. The maximum atomic E-state index is 12.7. The van der Waals surface area contributed by atoms with Crippen LogP contribution in [0.3, 0.4) is 0 Å². The van der Waals surface area contributed by atoms with Gasteiger partial charge in [0.25, 0.3) is 0 Å². The first-order valence-corrected chi connectivity index (χ1v) is 7.11. The van der Waals surface area contributed by atoms with Crippen molar-refractivity contribution in [1.29, 1.82) is 0 Å². The number of likely N-dealkylation sites (tertiary alicyclic amines) is 1. The van der Waals surface area contributed by atoms with Crippen molar-refractivity contribution < 1.29 is 14.7 Å². The van der Waals surface area contributed by atoms with Crippen molar-refractivity contribution in [3.05, 3.63) is 0 Å². The number of carbonyl (C=O) groups excluding carboxylic acids is 1. The lowest BCUT2D eigenvalue weighted by Crippen LogP contribution is -2.44. The molecule has 1 aliphatic heterocycles. The zero-order valence-electron chi connectivity index (χ0n) is 11.2. The Bertz CT molecular complexity index is 334. The van der Waals surface area contributed by atoms with E-state index in [1.165, 1.54) is 6.42 Å². The summed E-state index contributed by atoms with van der Waals surface area (Å²) in [6.45, 7) is 3.13. The SMILES string of the molecule is CCC1(C(=O)N2CCC(C(=O)O)C2)CCCCC1. The van der Waals surface area contributed by atoms with Crippen LogP contribution >= 0.6 is 0 Å². The van der Waals surface area contributed by atoms with E-state index in [0.29, 0.717) is 19.5 Å². The van der Waals surface area contributed by atoms with Crippen LogP contribution in [0, 0.1) is 11.3 Å². The maximum Gasteiger partial charge on any atom is 0.308 e. The second-order valence-corrected chi connectivity index (χ2v) is 5.77. The molecule has 4 heteroatoms. The van der Waals surface area contributed by atoms with Crippen molar-refractivity contribution in [3.8, 4) is 0 Å². The molecule has 4 nitrogen and oxygen atoms in total.